The number of aromatic nitrogens is 2. The molecule has 0 unspecified atom stereocenters. The molecule has 0 saturated heterocycles. The first-order valence-corrected chi connectivity index (χ1v) is 5.78. The molecule has 1 aromatic heterocycles. The molecule has 1 amide bonds. The third kappa shape index (κ3) is 3.37. The van der Waals surface area contributed by atoms with Gasteiger partial charge in [0.1, 0.15) is 0 Å². The third-order valence-corrected chi connectivity index (χ3v) is 2.64. The molecule has 7 heteroatoms. The predicted molar refractivity (Wildman–Crippen MR) is 65.8 cm³/mol. The van der Waals surface area contributed by atoms with E-state index in [1.165, 1.54) is 12.1 Å². The number of aryl methyl sites for hydroxylation is 1. The Hall–Kier alpha value is -2.31. The van der Waals surface area contributed by atoms with Crippen LogP contribution in [0.3, 0.4) is 0 Å². The zero-order valence-corrected chi connectivity index (χ0v) is 10.6. The van der Waals surface area contributed by atoms with Crippen LogP contribution < -0.4 is 5.32 Å². The number of alkyl halides is 3. The predicted octanol–water partition coefficient (Wildman–Crippen LogP) is 2.37. The first kappa shape index (κ1) is 14.1. The Kier molecular flexibility index (Phi) is 3.78. The van der Waals surface area contributed by atoms with Crippen molar-refractivity contribution in [1.82, 2.24) is 14.9 Å². The standard InChI is InChI=1S/C13H12F3N3O/c1-19-7-11(18-8-19)6-17-12(20)9-3-2-4-10(5-9)13(14,15)16/h2-5,7-8H,6H2,1H3,(H,17,20). The number of nitrogens with one attached hydrogen (secondary N) is 1. The highest BCUT2D eigenvalue weighted by atomic mass is 19.4. The Morgan fingerprint density at radius 3 is 2.75 bits per heavy atom. The van der Waals surface area contributed by atoms with Gasteiger partial charge < -0.3 is 9.88 Å². The molecule has 0 fully saturated rings. The van der Waals surface area contributed by atoms with Gasteiger partial charge in [0.05, 0.1) is 24.1 Å². The normalized spacial score (nSPS) is 11.4. The van der Waals surface area contributed by atoms with Crippen LogP contribution in [0, 0.1) is 0 Å². The molecular weight excluding hydrogens is 271 g/mol. The van der Waals surface area contributed by atoms with Gasteiger partial charge in [-0.05, 0) is 18.2 Å². The molecule has 4 nitrogen and oxygen atoms in total. The lowest BCUT2D eigenvalue weighted by molar-refractivity contribution is -0.137. The van der Waals surface area contributed by atoms with Crippen molar-refractivity contribution in [2.75, 3.05) is 0 Å². The lowest BCUT2D eigenvalue weighted by Gasteiger charge is -2.08. The number of halogens is 3. The van der Waals surface area contributed by atoms with Crippen molar-refractivity contribution in [1.29, 1.82) is 0 Å². The fraction of sp³-hybridized carbons (Fsp3) is 0.231. The second-order valence-electron chi connectivity index (χ2n) is 4.29. The molecule has 0 atom stereocenters. The molecule has 0 saturated carbocycles. The van der Waals surface area contributed by atoms with Gasteiger partial charge in [-0.25, -0.2) is 4.98 Å². The average Bonchev–Trinajstić information content (AvgIpc) is 2.81. The van der Waals surface area contributed by atoms with Crippen molar-refractivity contribution in [3.8, 4) is 0 Å². The summed E-state index contributed by atoms with van der Waals surface area (Å²) in [5.74, 6) is -0.568. The number of rotatable bonds is 3. The van der Waals surface area contributed by atoms with E-state index in [1.807, 2.05) is 0 Å². The van der Waals surface area contributed by atoms with E-state index in [9.17, 15) is 18.0 Å². The summed E-state index contributed by atoms with van der Waals surface area (Å²) in [6.45, 7) is 0.163. The molecule has 106 valence electrons. The van der Waals surface area contributed by atoms with E-state index < -0.39 is 17.6 Å². The smallest absolute Gasteiger partial charge is 0.346 e. The van der Waals surface area contributed by atoms with Crippen molar-refractivity contribution in [2.24, 2.45) is 7.05 Å². The molecule has 20 heavy (non-hydrogen) atoms. The van der Waals surface area contributed by atoms with E-state index in [4.69, 9.17) is 0 Å². The van der Waals surface area contributed by atoms with Crippen LogP contribution in [-0.4, -0.2) is 15.5 Å². The Morgan fingerprint density at radius 2 is 2.15 bits per heavy atom. The highest BCUT2D eigenvalue weighted by Crippen LogP contribution is 2.29. The zero-order chi connectivity index (χ0) is 14.8. The van der Waals surface area contributed by atoms with Crippen LogP contribution in [0.15, 0.2) is 36.8 Å². The molecule has 1 N–H and O–H groups in total. The highest BCUT2D eigenvalue weighted by Gasteiger charge is 2.30. The minimum Gasteiger partial charge on any atom is -0.346 e. The molecular formula is C13H12F3N3O. The molecule has 0 aliphatic heterocycles. The van der Waals surface area contributed by atoms with E-state index in [0.29, 0.717) is 5.69 Å². The van der Waals surface area contributed by atoms with Crippen LogP contribution in [-0.2, 0) is 19.8 Å². The number of nitrogens with zero attached hydrogens (tertiary/aromatic N) is 2. The largest absolute Gasteiger partial charge is 0.416 e. The van der Waals surface area contributed by atoms with Crippen molar-refractivity contribution in [2.45, 2.75) is 12.7 Å². The molecule has 2 rings (SSSR count). The summed E-state index contributed by atoms with van der Waals surface area (Å²) < 4.78 is 39.3. The van der Waals surface area contributed by atoms with Crippen molar-refractivity contribution in [3.63, 3.8) is 0 Å². The van der Waals surface area contributed by atoms with Crippen LogP contribution in [0.1, 0.15) is 21.6 Å². The Morgan fingerprint density at radius 1 is 1.40 bits per heavy atom. The number of carbonyl (C=O) groups excluding carboxylic acids is 1. The Labute approximate surface area is 113 Å². The Bertz CT molecular complexity index is 619. The lowest BCUT2D eigenvalue weighted by Crippen LogP contribution is -2.23. The minimum atomic E-state index is -4.46. The van der Waals surface area contributed by atoms with Crippen LogP contribution in [0.2, 0.25) is 0 Å². The van der Waals surface area contributed by atoms with Gasteiger partial charge in [-0.2, -0.15) is 13.2 Å². The maximum absolute atomic E-state index is 12.5. The number of carbonyl (C=O) groups is 1. The van der Waals surface area contributed by atoms with Gasteiger partial charge in [0.25, 0.3) is 5.91 Å². The van der Waals surface area contributed by atoms with Gasteiger partial charge in [-0.3, -0.25) is 4.79 Å². The molecule has 0 aliphatic rings. The van der Waals surface area contributed by atoms with Crippen LogP contribution in [0.5, 0.6) is 0 Å². The number of benzene rings is 1. The fourth-order valence-corrected chi connectivity index (χ4v) is 1.67. The maximum atomic E-state index is 12.5. The molecule has 1 aromatic carbocycles. The summed E-state index contributed by atoms with van der Waals surface area (Å²) >= 11 is 0. The summed E-state index contributed by atoms with van der Waals surface area (Å²) in [5.41, 5.74) is -0.244. The fourth-order valence-electron chi connectivity index (χ4n) is 1.67. The molecule has 0 aliphatic carbocycles. The Balaban J connectivity index is 2.06. The van der Waals surface area contributed by atoms with Gasteiger partial charge in [-0.1, -0.05) is 6.07 Å². The summed E-state index contributed by atoms with van der Waals surface area (Å²) in [6, 6.07) is 4.30. The molecule has 1 heterocycles. The molecule has 0 spiro atoms. The maximum Gasteiger partial charge on any atom is 0.416 e. The number of hydrogen-bond acceptors (Lipinski definition) is 2. The van der Waals surface area contributed by atoms with Gasteiger partial charge in [0.2, 0.25) is 0 Å². The zero-order valence-electron chi connectivity index (χ0n) is 10.6. The number of amides is 1. The van der Waals surface area contributed by atoms with Gasteiger partial charge in [0.15, 0.2) is 0 Å². The first-order chi connectivity index (χ1) is 9.36. The van der Waals surface area contributed by atoms with Crippen molar-refractivity contribution >= 4 is 5.91 Å². The second-order valence-corrected chi connectivity index (χ2v) is 4.29. The average molecular weight is 283 g/mol. The van der Waals surface area contributed by atoms with E-state index in [2.05, 4.69) is 10.3 Å². The summed E-state index contributed by atoms with van der Waals surface area (Å²) in [6.07, 6.45) is -1.17. The quantitative estimate of drug-likeness (QED) is 0.940. The summed E-state index contributed by atoms with van der Waals surface area (Å²) in [5, 5.41) is 2.53. The SMILES string of the molecule is Cn1cnc(CNC(=O)c2cccc(C(F)(F)F)c2)c1. The summed E-state index contributed by atoms with van der Waals surface area (Å²) in [7, 11) is 1.78. The van der Waals surface area contributed by atoms with E-state index >= 15 is 0 Å². The minimum absolute atomic E-state index is 0.0317. The van der Waals surface area contributed by atoms with E-state index in [1.54, 1.807) is 24.1 Å². The van der Waals surface area contributed by atoms with E-state index in [0.717, 1.165) is 12.1 Å². The monoisotopic (exact) mass is 283 g/mol. The summed E-state index contributed by atoms with van der Waals surface area (Å²) in [4.78, 5) is 15.8. The lowest BCUT2D eigenvalue weighted by atomic mass is 10.1. The van der Waals surface area contributed by atoms with Crippen LogP contribution in [0.25, 0.3) is 0 Å². The van der Waals surface area contributed by atoms with Gasteiger partial charge >= 0.3 is 6.18 Å². The van der Waals surface area contributed by atoms with Gasteiger partial charge in [0, 0.05) is 18.8 Å². The van der Waals surface area contributed by atoms with E-state index in [-0.39, 0.29) is 12.1 Å². The topological polar surface area (TPSA) is 46.9 Å². The van der Waals surface area contributed by atoms with Crippen molar-refractivity contribution < 1.29 is 18.0 Å². The number of imidazole rings is 1. The number of hydrogen-bond donors (Lipinski definition) is 1. The second kappa shape index (κ2) is 5.36. The first-order valence-electron chi connectivity index (χ1n) is 5.78. The molecule has 0 bridgehead atoms. The third-order valence-electron chi connectivity index (χ3n) is 2.64. The molecule has 0 radical (unpaired) electrons. The van der Waals surface area contributed by atoms with Crippen LogP contribution >= 0.6 is 0 Å². The molecule has 2 aromatic rings. The van der Waals surface area contributed by atoms with Gasteiger partial charge in [-0.15, -0.1) is 0 Å². The highest BCUT2D eigenvalue weighted by molar-refractivity contribution is 5.94. The van der Waals surface area contributed by atoms with Crippen molar-refractivity contribution in [3.05, 3.63) is 53.6 Å². The van der Waals surface area contributed by atoms with Crippen LogP contribution in [0.4, 0.5) is 13.2 Å².